The van der Waals surface area contributed by atoms with E-state index >= 15 is 0 Å². The van der Waals surface area contributed by atoms with Gasteiger partial charge in [-0.1, -0.05) is 6.07 Å². The quantitative estimate of drug-likeness (QED) is 0.851. The Morgan fingerprint density at radius 1 is 1.40 bits per heavy atom. The third kappa shape index (κ3) is 2.92. The van der Waals surface area contributed by atoms with Crippen molar-refractivity contribution < 1.29 is 27.1 Å². The number of hydrogen-bond acceptors (Lipinski definition) is 2. The van der Waals surface area contributed by atoms with Crippen LogP contribution < -0.4 is 5.32 Å². The molecule has 20 heavy (non-hydrogen) atoms. The monoisotopic (exact) mass is 291 g/mol. The number of nitrogens with one attached hydrogen (secondary N) is 1. The second kappa shape index (κ2) is 5.05. The summed E-state index contributed by atoms with van der Waals surface area (Å²) in [5.74, 6) is -2.43. The van der Waals surface area contributed by atoms with E-state index < -0.39 is 34.6 Å². The van der Waals surface area contributed by atoms with Crippen molar-refractivity contribution in [1.82, 2.24) is 5.32 Å². The van der Waals surface area contributed by atoms with E-state index in [-0.39, 0.29) is 6.61 Å². The third-order valence-electron chi connectivity index (χ3n) is 3.18. The molecule has 0 spiro atoms. The van der Waals surface area contributed by atoms with Gasteiger partial charge in [-0.3, -0.25) is 4.79 Å². The van der Waals surface area contributed by atoms with Crippen LogP contribution >= 0.6 is 0 Å². The first kappa shape index (κ1) is 14.8. The van der Waals surface area contributed by atoms with Gasteiger partial charge < -0.3 is 10.1 Å². The number of hydrogen-bond donors (Lipinski definition) is 1. The molecule has 1 aromatic rings. The highest BCUT2D eigenvalue weighted by atomic mass is 19.4. The molecular weight excluding hydrogens is 278 g/mol. The summed E-state index contributed by atoms with van der Waals surface area (Å²) in [4.78, 5) is 11.9. The molecule has 0 bridgehead atoms. The molecule has 2 rings (SSSR count). The zero-order valence-corrected chi connectivity index (χ0v) is 10.7. The maximum Gasteiger partial charge on any atom is 0.419 e. The number of benzene rings is 1. The zero-order chi connectivity index (χ0) is 15.0. The fraction of sp³-hybridized carbons (Fsp3) is 0.462. The lowest BCUT2D eigenvalue weighted by Gasteiger charge is -2.23. The molecule has 7 heteroatoms. The van der Waals surface area contributed by atoms with Crippen molar-refractivity contribution >= 4 is 5.91 Å². The fourth-order valence-corrected chi connectivity index (χ4v) is 2.03. The minimum Gasteiger partial charge on any atom is -0.379 e. The van der Waals surface area contributed by atoms with E-state index in [2.05, 4.69) is 5.32 Å². The van der Waals surface area contributed by atoms with E-state index in [9.17, 15) is 22.4 Å². The lowest BCUT2D eigenvalue weighted by molar-refractivity contribution is -0.140. The minimum atomic E-state index is -4.83. The van der Waals surface area contributed by atoms with Gasteiger partial charge in [-0.15, -0.1) is 0 Å². The van der Waals surface area contributed by atoms with Gasteiger partial charge in [0.2, 0.25) is 0 Å². The first-order valence-corrected chi connectivity index (χ1v) is 5.99. The van der Waals surface area contributed by atoms with Crippen molar-refractivity contribution in [2.75, 3.05) is 13.2 Å². The molecule has 1 fully saturated rings. The van der Waals surface area contributed by atoms with E-state index in [0.717, 1.165) is 12.1 Å². The molecule has 1 aromatic carbocycles. The molecule has 1 unspecified atom stereocenters. The summed E-state index contributed by atoms with van der Waals surface area (Å²) in [6.45, 7) is 2.39. The largest absolute Gasteiger partial charge is 0.419 e. The summed E-state index contributed by atoms with van der Waals surface area (Å²) in [6.07, 6.45) is -4.31. The standard InChI is InChI=1S/C13H13F4NO2/c1-12(5-6-20-7-12)18-11(19)8-3-2-4-9(10(8)14)13(15,16)17/h2-4H,5-7H2,1H3,(H,18,19). The van der Waals surface area contributed by atoms with Crippen molar-refractivity contribution in [3.05, 3.63) is 35.1 Å². The van der Waals surface area contributed by atoms with Gasteiger partial charge >= 0.3 is 6.18 Å². The van der Waals surface area contributed by atoms with Crippen LogP contribution in [0.3, 0.4) is 0 Å². The number of amides is 1. The van der Waals surface area contributed by atoms with Crippen LogP contribution in [0.5, 0.6) is 0 Å². The molecule has 0 saturated carbocycles. The number of halogens is 4. The fourth-order valence-electron chi connectivity index (χ4n) is 2.03. The van der Waals surface area contributed by atoms with E-state index in [0.29, 0.717) is 19.1 Å². The van der Waals surface area contributed by atoms with Crippen LogP contribution in [0.2, 0.25) is 0 Å². The summed E-state index contributed by atoms with van der Waals surface area (Å²) >= 11 is 0. The maximum atomic E-state index is 13.8. The number of ether oxygens (including phenoxy) is 1. The highest BCUT2D eigenvalue weighted by Gasteiger charge is 2.37. The number of alkyl halides is 3. The normalized spacial score (nSPS) is 22.9. The first-order chi connectivity index (χ1) is 9.23. The van der Waals surface area contributed by atoms with E-state index in [1.165, 1.54) is 0 Å². The lowest BCUT2D eigenvalue weighted by Crippen LogP contribution is -2.46. The van der Waals surface area contributed by atoms with E-state index in [1.807, 2.05) is 0 Å². The molecule has 1 amide bonds. The lowest BCUT2D eigenvalue weighted by atomic mass is 10.0. The summed E-state index contributed by atoms with van der Waals surface area (Å²) in [6, 6.07) is 2.64. The summed E-state index contributed by atoms with van der Waals surface area (Å²) < 4.78 is 56.7. The molecule has 1 aliphatic heterocycles. The van der Waals surface area contributed by atoms with Gasteiger partial charge in [0.15, 0.2) is 0 Å². The van der Waals surface area contributed by atoms with Crippen LogP contribution in [0.15, 0.2) is 18.2 Å². The topological polar surface area (TPSA) is 38.3 Å². The maximum absolute atomic E-state index is 13.8. The van der Waals surface area contributed by atoms with Gasteiger partial charge in [0, 0.05) is 6.61 Å². The van der Waals surface area contributed by atoms with Crippen LogP contribution in [0, 0.1) is 5.82 Å². The molecule has 0 aromatic heterocycles. The number of rotatable bonds is 2. The van der Waals surface area contributed by atoms with Crippen LogP contribution in [0.1, 0.15) is 29.3 Å². The van der Waals surface area contributed by atoms with Crippen molar-refractivity contribution in [2.24, 2.45) is 0 Å². The Bertz CT molecular complexity index is 522. The van der Waals surface area contributed by atoms with E-state index in [4.69, 9.17) is 4.74 Å². The van der Waals surface area contributed by atoms with Crippen molar-refractivity contribution in [1.29, 1.82) is 0 Å². The minimum absolute atomic E-state index is 0.249. The van der Waals surface area contributed by atoms with Gasteiger partial charge in [0.25, 0.3) is 5.91 Å². The summed E-state index contributed by atoms with van der Waals surface area (Å²) in [7, 11) is 0. The molecule has 110 valence electrons. The Morgan fingerprint density at radius 2 is 2.10 bits per heavy atom. The predicted molar refractivity (Wildman–Crippen MR) is 62.7 cm³/mol. The second-order valence-electron chi connectivity index (χ2n) is 4.98. The molecule has 0 radical (unpaired) electrons. The smallest absolute Gasteiger partial charge is 0.379 e. The average molecular weight is 291 g/mol. The van der Waals surface area contributed by atoms with Gasteiger partial charge in [-0.25, -0.2) is 4.39 Å². The summed E-state index contributed by atoms with van der Waals surface area (Å²) in [5.41, 5.74) is -2.75. The van der Waals surface area contributed by atoms with Crippen LogP contribution in [0.25, 0.3) is 0 Å². The Balaban J connectivity index is 2.27. The Kier molecular flexibility index (Phi) is 3.73. The third-order valence-corrected chi connectivity index (χ3v) is 3.18. The Morgan fingerprint density at radius 3 is 2.65 bits per heavy atom. The number of carbonyl (C=O) groups is 1. The zero-order valence-electron chi connectivity index (χ0n) is 10.7. The van der Waals surface area contributed by atoms with E-state index in [1.54, 1.807) is 6.92 Å². The molecule has 1 heterocycles. The molecule has 1 atom stereocenters. The van der Waals surface area contributed by atoms with Crippen molar-refractivity contribution in [3.63, 3.8) is 0 Å². The highest BCUT2D eigenvalue weighted by Crippen LogP contribution is 2.32. The molecule has 1 saturated heterocycles. The van der Waals surface area contributed by atoms with Gasteiger partial charge in [0.1, 0.15) is 5.82 Å². The molecule has 1 N–H and O–H groups in total. The summed E-state index contributed by atoms with van der Waals surface area (Å²) in [5, 5.41) is 2.52. The molecule has 1 aliphatic rings. The van der Waals surface area contributed by atoms with Crippen LogP contribution in [-0.2, 0) is 10.9 Å². The molecule has 0 aliphatic carbocycles. The second-order valence-corrected chi connectivity index (χ2v) is 4.98. The Hall–Kier alpha value is -1.63. The van der Waals surface area contributed by atoms with Gasteiger partial charge in [-0.05, 0) is 25.5 Å². The van der Waals surface area contributed by atoms with Crippen LogP contribution in [-0.4, -0.2) is 24.7 Å². The molecular formula is C13H13F4NO2. The average Bonchev–Trinajstić information content (AvgIpc) is 2.74. The molecule has 3 nitrogen and oxygen atoms in total. The van der Waals surface area contributed by atoms with Gasteiger partial charge in [0.05, 0.1) is 23.3 Å². The Labute approximate surface area is 112 Å². The van der Waals surface area contributed by atoms with Crippen molar-refractivity contribution in [2.45, 2.75) is 25.1 Å². The predicted octanol–water partition coefficient (Wildman–Crippen LogP) is 2.75. The highest BCUT2D eigenvalue weighted by molar-refractivity contribution is 5.95. The number of carbonyl (C=O) groups excluding carboxylic acids is 1. The first-order valence-electron chi connectivity index (χ1n) is 5.99. The van der Waals surface area contributed by atoms with Crippen LogP contribution in [0.4, 0.5) is 17.6 Å². The van der Waals surface area contributed by atoms with Gasteiger partial charge in [-0.2, -0.15) is 13.2 Å². The van der Waals surface area contributed by atoms with Crippen molar-refractivity contribution in [3.8, 4) is 0 Å². The SMILES string of the molecule is CC1(NC(=O)c2cccc(C(F)(F)F)c2F)CCOC1.